The number of nitrogens with zero attached hydrogens (tertiary/aromatic N) is 3. The first-order valence-electron chi connectivity index (χ1n) is 8.35. The van der Waals surface area contributed by atoms with Gasteiger partial charge in [-0.05, 0) is 25.0 Å². The quantitative estimate of drug-likeness (QED) is 0.760. The molecule has 3 aromatic rings. The van der Waals surface area contributed by atoms with Crippen LogP contribution in [0.15, 0.2) is 47.2 Å². The van der Waals surface area contributed by atoms with Crippen LogP contribution in [-0.4, -0.2) is 33.6 Å². The van der Waals surface area contributed by atoms with Gasteiger partial charge in [-0.2, -0.15) is 5.10 Å². The molecule has 0 radical (unpaired) electrons. The van der Waals surface area contributed by atoms with Gasteiger partial charge in [-0.15, -0.1) is 0 Å². The van der Waals surface area contributed by atoms with Crippen molar-refractivity contribution in [1.29, 1.82) is 0 Å². The zero-order valence-electron chi connectivity index (χ0n) is 13.9. The molecule has 0 aliphatic carbocycles. The minimum atomic E-state index is -0.447. The van der Waals surface area contributed by atoms with Crippen LogP contribution >= 0.6 is 0 Å². The molecule has 1 saturated heterocycles. The number of halogens is 1. The van der Waals surface area contributed by atoms with E-state index in [1.807, 2.05) is 0 Å². The molecule has 2 aromatic heterocycles. The number of hydrogen-bond donors (Lipinski definition) is 1. The second-order valence-corrected chi connectivity index (χ2v) is 6.13. The molecule has 4 rings (SSSR count). The van der Waals surface area contributed by atoms with Gasteiger partial charge in [-0.3, -0.25) is 9.48 Å². The van der Waals surface area contributed by atoms with Crippen molar-refractivity contribution >= 4 is 11.6 Å². The fraction of sp³-hybridized carbons (Fsp3) is 0.278. The van der Waals surface area contributed by atoms with Gasteiger partial charge in [-0.25, -0.2) is 4.39 Å². The molecular weight excluding hydrogens is 339 g/mol. The maximum absolute atomic E-state index is 13.3. The summed E-state index contributed by atoms with van der Waals surface area (Å²) >= 11 is 0. The van der Waals surface area contributed by atoms with Crippen molar-refractivity contribution in [1.82, 2.24) is 14.9 Å². The summed E-state index contributed by atoms with van der Waals surface area (Å²) in [6.45, 7) is 1.44. The Hall–Kier alpha value is -3.00. The molecule has 1 amide bonds. The minimum absolute atomic E-state index is 0.0381. The van der Waals surface area contributed by atoms with Crippen LogP contribution < -0.4 is 5.32 Å². The third-order valence-electron chi connectivity index (χ3n) is 4.16. The molecule has 1 aromatic carbocycles. The van der Waals surface area contributed by atoms with Gasteiger partial charge >= 0.3 is 0 Å². The standard InChI is InChI=1S/C18H17FN4O3/c19-13-4-1-3-12(7-13)16-8-17(26-22-16)18(24)21-14-9-20-23(10-14)11-15-5-2-6-25-15/h1,3-4,7-10,15H,2,5-6,11H2,(H,21,24). The molecule has 134 valence electrons. The van der Waals surface area contributed by atoms with E-state index >= 15 is 0 Å². The summed E-state index contributed by atoms with van der Waals surface area (Å²) in [6.07, 6.45) is 5.55. The number of nitrogens with one attached hydrogen (secondary N) is 1. The molecule has 0 saturated carbocycles. The minimum Gasteiger partial charge on any atom is -0.376 e. The van der Waals surface area contributed by atoms with Crippen molar-refractivity contribution in [3.05, 3.63) is 54.3 Å². The van der Waals surface area contributed by atoms with Gasteiger partial charge in [0.25, 0.3) is 5.91 Å². The highest BCUT2D eigenvalue weighted by Gasteiger charge is 2.18. The summed E-state index contributed by atoms with van der Waals surface area (Å²) in [5, 5.41) is 10.8. The Balaban J connectivity index is 1.41. The number of carbonyl (C=O) groups is 1. The lowest BCUT2D eigenvalue weighted by atomic mass is 10.1. The lowest BCUT2D eigenvalue weighted by Gasteiger charge is -2.08. The van der Waals surface area contributed by atoms with Gasteiger partial charge in [0, 0.05) is 24.4 Å². The highest BCUT2D eigenvalue weighted by Crippen LogP contribution is 2.21. The number of rotatable bonds is 5. The molecule has 0 spiro atoms. The molecule has 1 aliphatic heterocycles. The summed E-state index contributed by atoms with van der Waals surface area (Å²) in [6, 6.07) is 7.40. The number of hydrogen-bond acceptors (Lipinski definition) is 5. The van der Waals surface area contributed by atoms with Crippen molar-refractivity contribution in [2.75, 3.05) is 11.9 Å². The molecule has 7 nitrogen and oxygen atoms in total. The fourth-order valence-corrected chi connectivity index (χ4v) is 2.88. The maximum atomic E-state index is 13.3. The number of ether oxygens (including phenoxy) is 1. The molecule has 3 heterocycles. The van der Waals surface area contributed by atoms with Crippen LogP contribution in [-0.2, 0) is 11.3 Å². The predicted octanol–water partition coefficient (Wildman–Crippen LogP) is 3.11. The Labute approximate surface area is 148 Å². The average molecular weight is 356 g/mol. The highest BCUT2D eigenvalue weighted by atomic mass is 19.1. The van der Waals surface area contributed by atoms with Gasteiger partial charge in [0.2, 0.25) is 5.76 Å². The van der Waals surface area contributed by atoms with E-state index in [9.17, 15) is 9.18 Å². The maximum Gasteiger partial charge on any atom is 0.294 e. The van der Waals surface area contributed by atoms with Crippen LogP contribution in [0.4, 0.5) is 10.1 Å². The molecule has 26 heavy (non-hydrogen) atoms. The van der Waals surface area contributed by atoms with E-state index < -0.39 is 5.91 Å². The fourth-order valence-electron chi connectivity index (χ4n) is 2.88. The van der Waals surface area contributed by atoms with Crippen molar-refractivity contribution in [2.24, 2.45) is 0 Å². The molecule has 1 aliphatic rings. The van der Waals surface area contributed by atoms with Gasteiger partial charge in [-0.1, -0.05) is 17.3 Å². The van der Waals surface area contributed by atoms with E-state index in [2.05, 4.69) is 15.6 Å². The van der Waals surface area contributed by atoms with Crippen molar-refractivity contribution in [2.45, 2.75) is 25.5 Å². The molecule has 0 bridgehead atoms. The lowest BCUT2D eigenvalue weighted by Crippen LogP contribution is -2.15. The molecule has 1 fully saturated rings. The third kappa shape index (κ3) is 3.65. The monoisotopic (exact) mass is 356 g/mol. The van der Waals surface area contributed by atoms with E-state index in [4.69, 9.17) is 9.26 Å². The third-order valence-corrected chi connectivity index (χ3v) is 4.16. The van der Waals surface area contributed by atoms with E-state index in [0.29, 0.717) is 23.5 Å². The molecule has 8 heteroatoms. The number of amides is 1. The summed E-state index contributed by atoms with van der Waals surface area (Å²) in [4.78, 5) is 12.3. The van der Waals surface area contributed by atoms with Crippen molar-refractivity contribution < 1.29 is 18.4 Å². The first-order chi connectivity index (χ1) is 12.7. The summed E-state index contributed by atoms with van der Waals surface area (Å²) in [5.74, 6) is -0.789. The number of anilines is 1. The Bertz CT molecular complexity index is 915. The van der Waals surface area contributed by atoms with Gasteiger partial charge in [0.15, 0.2) is 0 Å². The Kier molecular flexibility index (Phi) is 4.49. The lowest BCUT2D eigenvalue weighted by molar-refractivity contribution is 0.0940. The predicted molar refractivity (Wildman–Crippen MR) is 91.1 cm³/mol. The average Bonchev–Trinajstić information content (AvgIpc) is 3.37. The first kappa shape index (κ1) is 16.5. The molecule has 1 unspecified atom stereocenters. The molecule has 1 N–H and O–H groups in total. The van der Waals surface area contributed by atoms with Crippen LogP contribution in [0.1, 0.15) is 23.4 Å². The van der Waals surface area contributed by atoms with E-state index in [-0.39, 0.29) is 17.7 Å². The van der Waals surface area contributed by atoms with Crippen LogP contribution in [0, 0.1) is 5.82 Å². The summed E-state index contributed by atoms with van der Waals surface area (Å²) in [7, 11) is 0. The zero-order valence-corrected chi connectivity index (χ0v) is 13.9. The zero-order chi connectivity index (χ0) is 17.9. The van der Waals surface area contributed by atoms with E-state index in [1.54, 1.807) is 29.2 Å². The second-order valence-electron chi connectivity index (χ2n) is 6.13. The smallest absolute Gasteiger partial charge is 0.294 e. The number of benzene rings is 1. The SMILES string of the molecule is O=C(Nc1cnn(CC2CCCO2)c1)c1cc(-c2cccc(F)c2)no1. The summed E-state index contributed by atoms with van der Waals surface area (Å²) < 4.78 is 25.7. The largest absolute Gasteiger partial charge is 0.376 e. The van der Waals surface area contributed by atoms with Crippen molar-refractivity contribution in [3.63, 3.8) is 0 Å². The molecular formula is C18H17FN4O3. The Morgan fingerprint density at radius 2 is 2.31 bits per heavy atom. The first-order valence-corrected chi connectivity index (χ1v) is 8.35. The van der Waals surface area contributed by atoms with Crippen LogP contribution in [0.2, 0.25) is 0 Å². The van der Waals surface area contributed by atoms with Crippen molar-refractivity contribution in [3.8, 4) is 11.3 Å². The summed E-state index contributed by atoms with van der Waals surface area (Å²) in [5.41, 5.74) is 1.48. The van der Waals surface area contributed by atoms with Crippen LogP contribution in [0.3, 0.4) is 0 Å². The second kappa shape index (κ2) is 7.09. The Morgan fingerprint density at radius 3 is 3.12 bits per heavy atom. The van der Waals surface area contributed by atoms with Crippen LogP contribution in [0.5, 0.6) is 0 Å². The highest BCUT2D eigenvalue weighted by molar-refractivity contribution is 6.02. The van der Waals surface area contributed by atoms with Crippen LogP contribution in [0.25, 0.3) is 11.3 Å². The normalized spacial score (nSPS) is 16.7. The number of aromatic nitrogens is 3. The van der Waals surface area contributed by atoms with Gasteiger partial charge in [0.05, 0.1) is 24.5 Å². The molecule has 1 atom stereocenters. The van der Waals surface area contributed by atoms with Gasteiger partial charge < -0.3 is 14.6 Å². The Morgan fingerprint density at radius 1 is 1.38 bits per heavy atom. The van der Waals surface area contributed by atoms with E-state index in [0.717, 1.165) is 19.4 Å². The number of carbonyl (C=O) groups excluding carboxylic acids is 1. The van der Waals surface area contributed by atoms with E-state index in [1.165, 1.54) is 18.2 Å². The topological polar surface area (TPSA) is 82.2 Å². The van der Waals surface area contributed by atoms with Gasteiger partial charge in [0.1, 0.15) is 11.5 Å².